The van der Waals surface area contributed by atoms with Gasteiger partial charge in [-0.2, -0.15) is 0 Å². The quantitative estimate of drug-likeness (QED) is 0.758. The molecule has 15 heavy (non-hydrogen) atoms. The summed E-state index contributed by atoms with van der Waals surface area (Å²) in [6, 6.07) is 9.67. The molecule has 3 nitrogen and oxygen atoms in total. The third-order valence-corrected chi connectivity index (χ3v) is 2.72. The molecule has 1 aromatic heterocycles. The molecule has 1 aliphatic carbocycles. The molecule has 1 fully saturated rings. The minimum Gasteiger partial charge on any atom is -0.399 e. The molecule has 1 aromatic carbocycles. The van der Waals surface area contributed by atoms with Crippen LogP contribution in [0.3, 0.4) is 0 Å². The standard InChI is InChI=1S/C12H12N2O/c13-10-5-3-9(4-6-10)12-7-11(14-15-12)8-1-2-8/h3-8H,1-2,13H2. The zero-order valence-electron chi connectivity index (χ0n) is 8.31. The fourth-order valence-electron chi connectivity index (χ4n) is 1.64. The van der Waals surface area contributed by atoms with Gasteiger partial charge in [-0.15, -0.1) is 0 Å². The van der Waals surface area contributed by atoms with Gasteiger partial charge in [-0.25, -0.2) is 0 Å². The van der Waals surface area contributed by atoms with Crippen molar-refractivity contribution in [1.82, 2.24) is 5.16 Å². The Kier molecular flexibility index (Phi) is 1.78. The third kappa shape index (κ3) is 1.61. The Balaban J connectivity index is 1.93. The topological polar surface area (TPSA) is 52.0 Å². The summed E-state index contributed by atoms with van der Waals surface area (Å²) < 4.78 is 5.30. The van der Waals surface area contributed by atoms with Crippen molar-refractivity contribution in [2.45, 2.75) is 18.8 Å². The van der Waals surface area contributed by atoms with Crippen molar-refractivity contribution in [3.05, 3.63) is 36.0 Å². The van der Waals surface area contributed by atoms with Crippen LogP contribution in [-0.4, -0.2) is 5.16 Å². The highest BCUT2D eigenvalue weighted by Crippen LogP contribution is 2.40. The molecule has 76 valence electrons. The molecular formula is C12H12N2O. The molecule has 3 rings (SSSR count). The van der Waals surface area contributed by atoms with Crippen molar-refractivity contribution in [1.29, 1.82) is 0 Å². The zero-order chi connectivity index (χ0) is 10.3. The summed E-state index contributed by atoms with van der Waals surface area (Å²) in [4.78, 5) is 0. The van der Waals surface area contributed by atoms with Gasteiger partial charge >= 0.3 is 0 Å². The lowest BCUT2D eigenvalue weighted by atomic mass is 10.1. The van der Waals surface area contributed by atoms with E-state index in [2.05, 4.69) is 5.16 Å². The van der Waals surface area contributed by atoms with Crippen LogP contribution in [0.1, 0.15) is 24.5 Å². The van der Waals surface area contributed by atoms with Gasteiger partial charge in [-0.3, -0.25) is 0 Å². The molecule has 0 unspecified atom stereocenters. The van der Waals surface area contributed by atoms with Gasteiger partial charge in [-0.05, 0) is 37.1 Å². The average molecular weight is 200 g/mol. The molecule has 0 aliphatic heterocycles. The number of benzene rings is 1. The summed E-state index contributed by atoms with van der Waals surface area (Å²) >= 11 is 0. The van der Waals surface area contributed by atoms with Gasteiger partial charge in [0.15, 0.2) is 5.76 Å². The molecule has 2 aromatic rings. The number of aromatic nitrogens is 1. The molecule has 0 amide bonds. The van der Waals surface area contributed by atoms with Gasteiger partial charge in [0, 0.05) is 23.2 Å². The van der Waals surface area contributed by atoms with Crippen LogP contribution in [0.2, 0.25) is 0 Å². The van der Waals surface area contributed by atoms with Crippen LogP contribution < -0.4 is 5.73 Å². The summed E-state index contributed by atoms with van der Waals surface area (Å²) in [5, 5.41) is 4.07. The highest BCUT2D eigenvalue weighted by molar-refractivity contribution is 5.60. The van der Waals surface area contributed by atoms with Crippen molar-refractivity contribution in [2.75, 3.05) is 5.73 Å². The number of nitrogens with zero attached hydrogens (tertiary/aromatic N) is 1. The highest BCUT2D eigenvalue weighted by Gasteiger charge is 2.27. The summed E-state index contributed by atoms with van der Waals surface area (Å²) in [6.07, 6.45) is 2.49. The van der Waals surface area contributed by atoms with E-state index < -0.39 is 0 Å². The Morgan fingerprint density at radius 3 is 2.60 bits per heavy atom. The molecule has 0 spiro atoms. The number of rotatable bonds is 2. The molecule has 1 heterocycles. The first-order valence-corrected chi connectivity index (χ1v) is 5.15. The predicted octanol–water partition coefficient (Wildman–Crippen LogP) is 2.80. The molecule has 1 saturated carbocycles. The number of hydrogen-bond acceptors (Lipinski definition) is 3. The lowest BCUT2D eigenvalue weighted by molar-refractivity contribution is 0.424. The number of nitrogen functional groups attached to an aromatic ring is 1. The van der Waals surface area contributed by atoms with Crippen LogP contribution in [-0.2, 0) is 0 Å². The first-order valence-electron chi connectivity index (χ1n) is 5.15. The summed E-state index contributed by atoms with van der Waals surface area (Å²) in [7, 11) is 0. The minimum absolute atomic E-state index is 0.635. The lowest BCUT2D eigenvalue weighted by Gasteiger charge is -1.95. The lowest BCUT2D eigenvalue weighted by Crippen LogP contribution is -1.82. The van der Waals surface area contributed by atoms with Crippen LogP contribution in [0, 0.1) is 0 Å². The van der Waals surface area contributed by atoms with Gasteiger partial charge in [-0.1, -0.05) is 5.16 Å². The van der Waals surface area contributed by atoms with Crippen LogP contribution in [0.5, 0.6) is 0 Å². The minimum atomic E-state index is 0.635. The fraction of sp³-hybridized carbons (Fsp3) is 0.250. The molecule has 0 saturated heterocycles. The van der Waals surface area contributed by atoms with Crippen molar-refractivity contribution >= 4 is 5.69 Å². The predicted molar refractivity (Wildman–Crippen MR) is 58.3 cm³/mol. The normalized spacial score (nSPS) is 15.5. The number of anilines is 1. The Labute approximate surface area is 87.9 Å². The molecule has 0 atom stereocenters. The monoisotopic (exact) mass is 200 g/mol. The average Bonchev–Trinajstić information content (AvgIpc) is 2.99. The number of hydrogen-bond donors (Lipinski definition) is 1. The molecule has 1 aliphatic rings. The maximum absolute atomic E-state index is 5.62. The smallest absolute Gasteiger partial charge is 0.167 e. The number of nitrogens with two attached hydrogens (primary N) is 1. The molecule has 0 bridgehead atoms. The van der Waals surface area contributed by atoms with Crippen molar-refractivity contribution < 1.29 is 4.52 Å². The second kappa shape index (κ2) is 3.12. The van der Waals surface area contributed by atoms with Crippen molar-refractivity contribution in [2.24, 2.45) is 0 Å². The summed E-state index contributed by atoms with van der Waals surface area (Å²) in [6.45, 7) is 0. The van der Waals surface area contributed by atoms with Gasteiger partial charge in [0.25, 0.3) is 0 Å². The van der Waals surface area contributed by atoms with E-state index >= 15 is 0 Å². The first-order chi connectivity index (χ1) is 7.33. The summed E-state index contributed by atoms with van der Waals surface area (Å²) in [5.41, 5.74) is 8.50. The van der Waals surface area contributed by atoms with E-state index in [0.29, 0.717) is 5.92 Å². The van der Waals surface area contributed by atoms with Crippen LogP contribution in [0.15, 0.2) is 34.9 Å². The summed E-state index contributed by atoms with van der Waals surface area (Å²) in [5.74, 6) is 1.47. The first kappa shape index (κ1) is 8.53. The van der Waals surface area contributed by atoms with E-state index in [4.69, 9.17) is 10.3 Å². The van der Waals surface area contributed by atoms with E-state index in [0.717, 1.165) is 22.7 Å². The second-order valence-electron chi connectivity index (χ2n) is 4.01. The van der Waals surface area contributed by atoms with E-state index in [-0.39, 0.29) is 0 Å². The van der Waals surface area contributed by atoms with Gasteiger partial charge in [0.2, 0.25) is 0 Å². The van der Waals surface area contributed by atoms with Crippen LogP contribution in [0.25, 0.3) is 11.3 Å². The molecule has 2 N–H and O–H groups in total. The highest BCUT2D eigenvalue weighted by atomic mass is 16.5. The molecule has 3 heteroatoms. The van der Waals surface area contributed by atoms with Crippen molar-refractivity contribution in [3.8, 4) is 11.3 Å². The van der Waals surface area contributed by atoms with Crippen LogP contribution in [0.4, 0.5) is 5.69 Å². The SMILES string of the molecule is Nc1ccc(-c2cc(C3CC3)no2)cc1. The Hall–Kier alpha value is -1.77. The van der Waals surface area contributed by atoms with Gasteiger partial charge < -0.3 is 10.3 Å². The molecule has 0 radical (unpaired) electrons. The van der Waals surface area contributed by atoms with E-state index in [1.807, 2.05) is 30.3 Å². The van der Waals surface area contributed by atoms with Crippen LogP contribution >= 0.6 is 0 Å². The Morgan fingerprint density at radius 2 is 1.93 bits per heavy atom. The van der Waals surface area contributed by atoms with Crippen molar-refractivity contribution in [3.63, 3.8) is 0 Å². The Bertz CT molecular complexity index is 469. The van der Waals surface area contributed by atoms with E-state index in [1.54, 1.807) is 0 Å². The van der Waals surface area contributed by atoms with E-state index in [1.165, 1.54) is 12.8 Å². The zero-order valence-corrected chi connectivity index (χ0v) is 8.31. The van der Waals surface area contributed by atoms with E-state index in [9.17, 15) is 0 Å². The Morgan fingerprint density at radius 1 is 1.20 bits per heavy atom. The van der Waals surface area contributed by atoms with Gasteiger partial charge in [0.05, 0.1) is 5.69 Å². The molecular weight excluding hydrogens is 188 g/mol. The maximum Gasteiger partial charge on any atom is 0.167 e. The maximum atomic E-state index is 5.62. The van der Waals surface area contributed by atoms with Gasteiger partial charge in [0.1, 0.15) is 0 Å². The fourth-order valence-corrected chi connectivity index (χ4v) is 1.64. The third-order valence-electron chi connectivity index (χ3n) is 2.72. The largest absolute Gasteiger partial charge is 0.399 e. The second-order valence-corrected chi connectivity index (χ2v) is 4.01.